The van der Waals surface area contributed by atoms with Gasteiger partial charge in [-0.1, -0.05) is 72.8 Å². The molecule has 4 bridgehead atoms. The molecule has 2 N–H and O–H groups in total. The minimum absolute atomic E-state index is 0.00247. The summed E-state index contributed by atoms with van der Waals surface area (Å²) in [6.07, 6.45) is 8.89. The summed E-state index contributed by atoms with van der Waals surface area (Å²) >= 11 is 0. The molecule has 2 aliphatic heterocycles. The first kappa shape index (κ1) is 19.6. The largest absolute Gasteiger partial charge is 0.354 e. The summed E-state index contributed by atoms with van der Waals surface area (Å²) in [5.74, 6) is 0.221. The Morgan fingerprint density at radius 2 is 1.33 bits per heavy atom. The minimum Gasteiger partial charge on any atom is -0.354 e. The molecule has 4 aromatic carbocycles. The number of para-hydroxylation sites is 2. The van der Waals surface area contributed by atoms with Gasteiger partial charge >= 0.3 is 0 Å². The van der Waals surface area contributed by atoms with Gasteiger partial charge in [0.1, 0.15) is 0 Å². The average molecular weight is 463 g/mol. The van der Waals surface area contributed by atoms with Gasteiger partial charge in [-0.3, -0.25) is 4.99 Å². The summed E-state index contributed by atoms with van der Waals surface area (Å²) in [7, 11) is 0. The minimum atomic E-state index is -0.00247. The molecule has 0 saturated heterocycles. The Balaban J connectivity index is 1.47. The summed E-state index contributed by atoms with van der Waals surface area (Å²) in [4.78, 5) is 10.5. The van der Waals surface area contributed by atoms with E-state index in [0.29, 0.717) is 0 Å². The van der Waals surface area contributed by atoms with Crippen LogP contribution in [-0.4, -0.2) is 10.7 Å². The number of pyridine rings is 1. The van der Waals surface area contributed by atoms with Crippen molar-refractivity contribution in [2.75, 3.05) is 10.6 Å². The molecule has 3 heterocycles. The van der Waals surface area contributed by atoms with Crippen LogP contribution in [0.4, 0.5) is 22.7 Å². The van der Waals surface area contributed by atoms with Crippen molar-refractivity contribution in [3.63, 3.8) is 0 Å². The number of nitrogens with zero attached hydrogens (tertiary/aromatic N) is 2. The van der Waals surface area contributed by atoms with E-state index in [-0.39, 0.29) is 12.0 Å². The van der Waals surface area contributed by atoms with Crippen molar-refractivity contribution in [2.24, 2.45) is 10.9 Å². The molecule has 0 radical (unpaired) electrons. The van der Waals surface area contributed by atoms with Crippen molar-refractivity contribution in [1.82, 2.24) is 4.98 Å². The fourth-order valence-corrected chi connectivity index (χ4v) is 5.74. The van der Waals surface area contributed by atoms with Gasteiger partial charge in [0.15, 0.2) is 0 Å². The summed E-state index contributed by atoms with van der Waals surface area (Å²) in [5.41, 5.74) is 9.40. The monoisotopic (exact) mass is 462 g/mol. The Hall–Kier alpha value is -4.70. The average Bonchev–Trinajstić information content (AvgIpc) is 2.93. The normalized spacial score (nSPS) is 18.9. The number of fused-ring (bicyclic) bond motifs is 3. The van der Waals surface area contributed by atoms with Gasteiger partial charge in [0, 0.05) is 33.6 Å². The lowest BCUT2D eigenvalue weighted by molar-refractivity contribution is 0.610. The number of benzene rings is 4. The smallest absolute Gasteiger partial charge is 0.0889 e. The lowest BCUT2D eigenvalue weighted by atomic mass is 9.82. The van der Waals surface area contributed by atoms with Crippen LogP contribution in [0.1, 0.15) is 22.9 Å². The number of rotatable bonds is 0. The Kier molecular flexibility index (Phi) is 4.03. The number of allylic oxidation sites excluding steroid dienone is 1. The third-order valence-electron chi connectivity index (χ3n) is 7.48. The predicted octanol–water partition coefficient (Wildman–Crippen LogP) is 7.93. The fraction of sp³-hybridized carbons (Fsp3) is 0.0625. The Morgan fingerprint density at radius 3 is 2.25 bits per heavy atom. The quantitative estimate of drug-likeness (QED) is 0.230. The highest BCUT2D eigenvalue weighted by molar-refractivity contribution is 6.15. The van der Waals surface area contributed by atoms with Crippen LogP contribution in [0.15, 0.2) is 108 Å². The van der Waals surface area contributed by atoms with E-state index in [1.807, 2.05) is 0 Å². The maximum absolute atomic E-state index is 5.30. The van der Waals surface area contributed by atoms with Gasteiger partial charge in [-0.25, -0.2) is 4.98 Å². The summed E-state index contributed by atoms with van der Waals surface area (Å²) in [6.45, 7) is 0. The Labute approximate surface area is 208 Å². The molecule has 0 spiro atoms. The van der Waals surface area contributed by atoms with Crippen molar-refractivity contribution in [3.05, 3.63) is 120 Å². The maximum atomic E-state index is 5.30. The van der Waals surface area contributed by atoms with Gasteiger partial charge in [-0.05, 0) is 47.4 Å². The van der Waals surface area contributed by atoms with Crippen LogP contribution < -0.4 is 10.6 Å². The van der Waals surface area contributed by atoms with E-state index in [4.69, 9.17) is 9.98 Å². The number of anilines is 4. The van der Waals surface area contributed by atoms with Crippen LogP contribution in [0.2, 0.25) is 0 Å². The number of aromatic nitrogens is 1. The van der Waals surface area contributed by atoms with Crippen LogP contribution in [0.5, 0.6) is 0 Å². The first-order valence-electron chi connectivity index (χ1n) is 12.3. The predicted molar refractivity (Wildman–Crippen MR) is 150 cm³/mol. The molecule has 2 atom stereocenters. The van der Waals surface area contributed by atoms with Gasteiger partial charge in [0.2, 0.25) is 0 Å². The van der Waals surface area contributed by atoms with E-state index in [1.165, 1.54) is 11.1 Å². The van der Waals surface area contributed by atoms with E-state index in [9.17, 15) is 0 Å². The van der Waals surface area contributed by atoms with Crippen LogP contribution in [-0.2, 0) is 0 Å². The van der Waals surface area contributed by atoms with Gasteiger partial charge in [0.05, 0.1) is 34.3 Å². The second-order valence-corrected chi connectivity index (χ2v) is 9.60. The molecule has 4 heteroatoms. The van der Waals surface area contributed by atoms with Crippen molar-refractivity contribution in [3.8, 4) is 0 Å². The van der Waals surface area contributed by atoms with Crippen molar-refractivity contribution >= 4 is 56.2 Å². The molecular formula is C32H22N4. The zero-order chi connectivity index (χ0) is 23.6. The van der Waals surface area contributed by atoms with Crippen LogP contribution in [0, 0.1) is 5.92 Å². The molecule has 1 aliphatic carbocycles. The zero-order valence-electron chi connectivity index (χ0n) is 19.4. The van der Waals surface area contributed by atoms with E-state index < -0.39 is 0 Å². The van der Waals surface area contributed by atoms with E-state index >= 15 is 0 Å². The molecule has 0 fully saturated rings. The maximum Gasteiger partial charge on any atom is 0.0889 e. The summed E-state index contributed by atoms with van der Waals surface area (Å²) < 4.78 is 0. The molecular weight excluding hydrogens is 440 g/mol. The van der Waals surface area contributed by atoms with Crippen LogP contribution >= 0.6 is 0 Å². The highest BCUT2D eigenvalue weighted by Crippen LogP contribution is 2.44. The van der Waals surface area contributed by atoms with Gasteiger partial charge < -0.3 is 10.6 Å². The number of aliphatic imine (C=N–C) groups is 1. The molecule has 170 valence electrons. The second-order valence-electron chi connectivity index (χ2n) is 9.60. The SMILES string of the molecule is C1=CC2C=Cc3cccc4c3C2N=C1c1ccc2ccc3cccc(c3c2n1)Nc1ccccc1N4. The van der Waals surface area contributed by atoms with Gasteiger partial charge in [-0.2, -0.15) is 0 Å². The number of dihydropyridines is 1. The molecule has 2 unspecified atom stereocenters. The number of nitrogens with one attached hydrogen (secondary N) is 2. The molecule has 0 amide bonds. The second kappa shape index (κ2) is 7.40. The van der Waals surface area contributed by atoms with Crippen molar-refractivity contribution in [1.29, 1.82) is 0 Å². The first-order chi connectivity index (χ1) is 17.8. The fourth-order valence-electron chi connectivity index (χ4n) is 5.74. The lowest BCUT2D eigenvalue weighted by Gasteiger charge is -2.30. The summed E-state index contributed by atoms with van der Waals surface area (Å²) in [5, 5.41) is 10.9. The third kappa shape index (κ3) is 2.88. The zero-order valence-corrected chi connectivity index (χ0v) is 19.4. The van der Waals surface area contributed by atoms with Gasteiger partial charge in [0.25, 0.3) is 0 Å². The van der Waals surface area contributed by atoms with Crippen molar-refractivity contribution < 1.29 is 0 Å². The van der Waals surface area contributed by atoms with Crippen LogP contribution in [0.3, 0.4) is 0 Å². The number of hydrogen-bond donors (Lipinski definition) is 2. The first-order valence-corrected chi connectivity index (χ1v) is 12.3. The van der Waals surface area contributed by atoms with E-state index in [2.05, 4.69) is 120 Å². The van der Waals surface area contributed by atoms with E-state index in [0.717, 1.165) is 55.8 Å². The standard InChI is InChI=1S/C32H22N4/c1-2-8-24-23(7-1)33-27-9-3-5-19-11-13-21-15-17-25(35-31(21)29(19)27)26-18-16-22-14-12-20-6-4-10-28(34-24)30(20)32(22)36-26/h1-18,21,31,33-34H. The molecule has 36 heavy (non-hydrogen) atoms. The highest BCUT2D eigenvalue weighted by Gasteiger charge is 2.30. The molecule has 4 nitrogen and oxygen atoms in total. The number of hydrogen-bond acceptors (Lipinski definition) is 4. The molecule has 0 saturated carbocycles. The summed E-state index contributed by atoms with van der Waals surface area (Å²) in [6, 6.07) is 29.8. The van der Waals surface area contributed by atoms with Crippen LogP contribution in [0.25, 0.3) is 27.8 Å². The third-order valence-corrected chi connectivity index (χ3v) is 7.48. The molecule has 1 aromatic heterocycles. The topological polar surface area (TPSA) is 49.3 Å². The van der Waals surface area contributed by atoms with Gasteiger partial charge in [-0.15, -0.1) is 0 Å². The van der Waals surface area contributed by atoms with E-state index in [1.54, 1.807) is 0 Å². The molecule has 3 aliphatic rings. The molecule has 8 rings (SSSR count). The Bertz CT molecular complexity index is 1810. The highest BCUT2D eigenvalue weighted by atomic mass is 15.0. The Morgan fingerprint density at radius 1 is 0.611 bits per heavy atom. The lowest BCUT2D eigenvalue weighted by Crippen LogP contribution is -2.20. The molecule has 5 aromatic rings. The van der Waals surface area contributed by atoms with Crippen molar-refractivity contribution in [2.45, 2.75) is 6.04 Å².